The summed E-state index contributed by atoms with van der Waals surface area (Å²) >= 11 is 0. The molecular formula is C6H13BO3. The van der Waals surface area contributed by atoms with Crippen LogP contribution in [0.15, 0.2) is 0 Å². The van der Waals surface area contributed by atoms with Gasteiger partial charge in [0.25, 0.3) is 0 Å². The quantitative estimate of drug-likeness (QED) is 0.505. The highest BCUT2D eigenvalue weighted by molar-refractivity contribution is 6.08. The van der Waals surface area contributed by atoms with Gasteiger partial charge in [-0.05, 0) is 0 Å². The van der Waals surface area contributed by atoms with E-state index < -0.39 is 0 Å². The molecule has 0 unspecified atom stereocenters. The molecule has 0 amide bonds. The van der Waals surface area contributed by atoms with Crippen molar-refractivity contribution in [3.05, 3.63) is 0 Å². The first-order chi connectivity index (χ1) is 4.85. The highest BCUT2D eigenvalue weighted by atomic mass is 16.5. The number of rotatable bonds is 6. The number of aliphatic hydroxyl groups is 1. The largest absolute Gasteiger partial charge is 0.396 e. The van der Waals surface area contributed by atoms with E-state index in [1.165, 1.54) is 0 Å². The lowest BCUT2D eigenvalue weighted by Crippen LogP contribution is -2.19. The Kier molecular flexibility index (Phi) is 7.02. The minimum Gasteiger partial charge on any atom is -0.396 e. The Labute approximate surface area is 62.7 Å². The molecule has 3 nitrogen and oxygen atoms in total. The standard InChI is InChI=1S/C6H13BO3/c1-9-3-6(2-8)4-10-5-7/h6,8H,2-5H2,1H3/t6-/m0/s1. The number of hydrogen-bond donors (Lipinski definition) is 1. The number of methoxy groups -OCH3 is 1. The molecule has 1 atom stereocenters. The summed E-state index contributed by atoms with van der Waals surface area (Å²) in [7, 11) is 6.67. The molecule has 4 heteroatoms. The number of ether oxygens (including phenoxy) is 2. The summed E-state index contributed by atoms with van der Waals surface area (Å²) in [4.78, 5) is 0. The first-order valence-corrected chi connectivity index (χ1v) is 3.22. The van der Waals surface area contributed by atoms with Crippen LogP contribution in [0.25, 0.3) is 0 Å². The fraction of sp³-hybridized carbons (Fsp3) is 1.00. The van der Waals surface area contributed by atoms with Crippen LogP contribution in [0.5, 0.6) is 0 Å². The lowest BCUT2D eigenvalue weighted by atomic mass is 10.2. The third-order valence-corrected chi connectivity index (χ3v) is 1.13. The first-order valence-electron chi connectivity index (χ1n) is 3.22. The maximum absolute atomic E-state index is 8.68. The molecule has 0 aromatic carbocycles. The maximum Gasteiger partial charge on any atom is 0.104 e. The minimum absolute atomic E-state index is 0.0496. The zero-order valence-electron chi connectivity index (χ0n) is 6.25. The summed E-state index contributed by atoms with van der Waals surface area (Å²) in [5.74, 6) is 0.0496. The molecule has 0 aliphatic carbocycles. The lowest BCUT2D eigenvalue weighted by Gasteiger charge is -2.11. The fourth-order valence-corrected chi connectivity index (χ4v) is 0.624. The van der Waals surface area contributed by atoms with Crippen LogP contribution < -0.4 is 0 Å². The molecular weight excluding hydrogens is 131 g/mol. The minimum atomic E-state index is 0.0496. The van der Waals surface area contributed by atoms with Crippen molar-refractivity contribution in [1.82, 2.24) is 0 Å². The summed E-state index contributed by atoms with van der Waals surface area (Å²) in [5, 5.41) is 8.68. The Hall–Kier alpha value is -0.0551. The lowest BCUT2D eigenvalue weighted by molar-refractivity contribution is 0.0460. The summed E-state index contributed by atoms with van der Waals surface area (Å²) in [6.07, 6.45) is 0. The molecule has 0 heterocycles. The van der Waals surface area contributed by atoms with Crippen molar-refractivity contribution in [2.75, 3.05) is 33.4 Å². The van der Waals surface area contributed by atoms with Gasteiger partial charge in [0, 0.05) is 19.5 Å². The van der Waals surface area contributed by atoms with Crippen LogP contribution in [-0.2, 0) is 9.47 Å². The number of aliphatic hydroxyl groups excluding tert-OH is 1. The molecule has 0 bridgehead atoms. The molecule has 10 heavy (non-hydrogen) atoms. The van der Waals surface area contributed by atoms with Crippen molar-refractivity contribution >= 4 is 7.85 Å². The second kappa shape index (κ2) is 7.06. The van der Waals surface area contributed by atoms with Gasteiger partial charge in [0.1, 0.15) is 7.85 Å². The molecule has 1 N–H and O–H groups in total. The van der Waals surface area contributed by atoms with E-state index in [1.807, 2.05) is 0 Å². The molecule has 0 rings (SSSR count). The molecule has 0 aromatic rings. The van der Waals surface area contributed by atoms with Crippen LogP contribution in [0.4, 0.5) is 0 Å². The molecule has 2 radical (unpaired) electrons. The molecule has 0 aliphatic heterocycles. The maximum atomic E-state index is 8.68. The molecule has 0 aromatic heterocycles. The average Bonchev–Trinajstić information content (AvgIpc) is 1.98. The Morgan fingerprint density at radius 3 is 2.60 bits per heavy atom. The highest BCUT2D eigenvalue weighted by Gasteiger charge is 2.05. The zero-order valence-corrected chi connectivity index (χ0v) is 6.25. The molecule has 0 aliphatic rings. The van der Waals surface area contributed by atoms with Crippen molar-refractivity contribution in [3.63, 3.8) is 0 Å². The van der Waals surface area contributed by atoms with E-state index in [2.05, 4.69) is 0 Å². The van der Waals surface area contributed by atoms with Crippen LogP contribution in [0.2, 0.25) is 0 Å². The van der Waals surface area contributed by atoms with Gasteiger partial charge < -0.3 is 14.6 Å². The molecule has 0 fully saturated rings. The van der Waals surface area contributed by atoms with Crippen molar-refractivity contribution in [3.8, 4) is 0 Å². The van der Waals surface area contributed by atoms with E-state index in [0.717, 1.165) is 0 Å². The van der Waals surface area contributed by atoms with E-state index >= 15 is 0 Å². The molecule has 0 saturated carbocycles. The van der Waals surface area contributed by atoms with Crippen LogP contribution in [0.3, 0.4) is 0 Å². The van der Waals surface area contributed by atoms with E-state index in [1.54, 1.807) is 7.11 Å². The van der Waals surface area contributed by atoms with E-state index in [-0.39, 0.29) is 19.0 Å². The predicted molar refractivity (Wildman–Crippen MR) is 39.0 cm³/mol. The van der Waals surface area contributed by atoms with E-state index in [9.17, 15) is 0 Å². The summed E-state index contributed by atoms with van der Waals surface area (Å²) in [5.41, 5.74) is 0. The SMILES string of the molecule is [B]COC[C@@H](CO)COC. The van der Waals surface area contributed by atoms with Gasteiger partial charge in [0.15, 0.2) is 0 Å². The fourth-order valence-electron chi connectivity index (χ4n) is 0.624. The predicted octanol–water partition coefficient (Wildman–Crippen LogP) is -0.616. The van der Waals surface area contributed by atoms with E-state index in [0.29, 0.717) is 13.2 Å². The van der Waals surface area contributed by atoms with Crippen LogP contribution in [-0.4, -0.2) is 46.4 Å². The van der Waals surface area contributed by atoms with Gasteiger partial charge in [-0.15, -0.1) is 0 Å². The Balaban J connectivity index is 3.21. The summed E-state index contributed by atoms with van der Waals surface area (Å²) < 4.78 is 9.69. The van der Waals surface area contributed by atoms with Gasteiger partial charge >= 0.3 is 0 Å². The number of hydrogen-bond acceptors (Lipinski definition) is 3. The Morgan fingerprint density at radius 1 is 1.50 bits per heavy atom. The third-order valence-electron chi connectivity index (χ3n) is 1.13. The first kappa shape index (κ1) is 9.94. The normalized spacial score (nSPS) is 13.4. The Morgan fingerprint density at radius 2 is 2.20 bits per heavy atom. The topological polar surface area (TPSA) is 38.7 Å². The van der Waals surface area contributed by atoms with Gasteiger partial charge in [0.05, 0.1) is 19.8 Å². The summed E-state index contributed by atoms with van der Waals surface area (Å²) in [6, 6.07) is 0. The second-order valence-electron chi connectivity index (χ2n) is 2.04. The van der Waals surface area contributed by atoms with Crippen LogP contribution >= 0.6 is 0 Å². The van der Waals surface area contributed by atoms with Gasteiger partial charge in [-0.1, -0.05) is 0 Å². The monoisotopic (exact) mass is 144 g/mol. The van der Waals surface area contributed by atoms with Crippen molar-refractivity contribution < 1.29 is 14.6 Å². The van der Waals surface area contributed by atoms with Gasteiger partial charge in [-0.25, -0.2) is 0 Å². The van der Waals surface area contributed by atoms with Gasteiger partial charge in [0.2, 0.25) is 0 Å². The van der Waals surface area contributed by atoms with Crippen LogP contribution in [0.1, 0.15) is 0 Å². The summed E-state index contributed by atoms with van der Waals surface area (Å²) in [6.45, 7) is 1.24. The zero-order chi connectivity index (χ0) is 7.82. The molecule has 0 saturated heterocycles. The third kappa shape index (κ3) is 4.79. The van der Waals surface area contributed by atoms with Crippen molar-refractivity contribution in [2.45, 2.75) is 0 Å². The highest BCUT2D eigenvalue weighted by Crippen LogP contribution is 1.95. The van der Waals surface area contributed by atoms with Crippen LogP contribution in [0, 0.1) is 5.92 Å². The van der Waals surface area contributed by atoms with Crippen molar-refractivity contribution in [1.29, 1.82) is 0 Å². The van der Waals surface area contributed by atoms with Gasteiger partial charge in [-0.2, -0.15) is 0 Å². The second-order valence-corrected chi connectivity index (χ2v) is 2.04. The molecule has 0 spiro atoms. The van der Waals surface area contributed by atoms with Crippen molar-refractivity contribution in [2.24, 2.45) is 5.92 Å². The van der Waals surface area contributed by atoms with Gasteiger partial charge in [-0.3, -0.25) is 0 Å². The smallest absolute Gasteiger partial charge is 0.104 e. The van der Waals surface area contributed by atoms with E-state index in [4.69, 9.17) is 22.4 Å². The molecule has 58 valence electrons. The Bertz CT molecular complexity index is 70.0. The average molecular weight is 144 g/mol.